The Morgan fingerprint density at radius 1 is 0.645 bits per heavy atom. The lowest BCUT2D eigenvalue weighted by molar-refractivity contribution is 0.0892. The Bertz CT molecular complexity index is 974. The lowest BCUT2D eigenvalue weighted by atomic mass is 9.93. The van der Waals surface area contributed by atoms with Gasteiger partial charge in [0.1, 0.15) is 11.5 Å². The average Bonchev–Trinajstić information content (AvgIpc) is 2.78. The third kappa shape index (κ3) is 5.17. The molecule has 0 saturated carbocycles. The molecule has 3 nitrogen and oxygen atoms in total. The second-order valence-corrected chi connectivity index (χ2v) is 8.90. The highest BCUT2D eigenvalue weighted by molar-refractivity contribution is 5.40. The Morgan fingerprint density at radius 2 is 1.23 bits per heavy atom. The fraction of sp³-hybridized carbons (Fsp3) is 0.357. The van der Waals surface area contributed by atoms with Gasteiger partial charge in [-0.25, -0.2) is 0 Å². The number of aryl methyl sites for hydroxylation is 2. The van der Waals surface area contributed by atoms with Gasteiger partial charge in [-0.1, -0.05) is 48.5 Å². The summed E-state index contributed by atoms with van der Waals surface area (Å²) in [6.45, 7) is 13.4. The highest BCUT2D eigenvalue weighted by Crippen LogP contribution is 2.33. The van der Waals surface area contributed by atoms with Gasteiger partial charge in [0.05, 0.1) is 6.04 Å². The first kappa shape index (κ1) is 21.6. The fourth-order valence-corrected chi connectivity index (χ4v) is 4.40. The zero-order valence-corrected chi connectivity index (χ0v) is 19.2. The summed E-state index contributed by atoms with van der Waals surface area (Å²) in [4.78, 5) is 5.21. The summed E-state index contributed by atoms with van der Waals surface area (Å²) in [7, 11) is 0. The van der Waals surface area contributed by atoms with E-state index in [9.17, 15) is 0 Å². The molecule has 1 fully saturated rings. The largest absolute Gasteiger partial charge is 0.457 e. The summed E-state index contributed by atoms with van der Waals surface area (Å²) in [5.74, 6) is 1.74. The van der Waals surface area contributed by atoms with E-state index in [0.717, 1.165) is 37.7 Å². The minimum atomic E-state index is 0.263. The van der Waals surface area contributed by atoms with E-state index in [4.69, 9.17) is 4.74 Å². The maximum absolute atomic E-state index is 6.02. The number of ether oxygens (including phenoxy) is 1. The van der Waals surface area contributed by atoms with Crippen molar-refractivity contribution in [2.45, 2.75) is 39.8 Å². The van der Waals surface area contributed by atoms with Crippen molar-refractivity contribution in [3.8, 4) is 11.5 Å². The maximum Gasteiger partial charge on any atom is 0.127 e. The van der Waals surface area contributed by atoms with Gasteiger partial charge in [0, 0.05) is 32.2 Å². The lowest BCUT2D eigenvalue weighted by Crippen LogP contribution is -2.50. The van der Waals surface area contributed by atoms with Crippen molar-refractivity contribution in [3.63, 3.8) is 0 Å². The number of hydrogen-bond acceptors (Lipinski definition) is 3. The molecule has 1 saturated heterocycles. The molecule has 3 aromatic carbocycles. The molecule has 3 aromatic rings. The van der Waals surface area contributed by atoms with Crippen LogP contribution in [-0.2, 0) is 0 Å². The predicted octanol–water partition coefficient (Wildman–Crippen LogP) is 6.21. The SMILES string of the molecule is Cc1ccc(C(c2ccc(Oc3ccccc3)cc2)N2CCN(C(C)C)CC2)cc1C. The van der Waals surface area contributed by atoms with Crippen molar-refractivity contribution in [2.75, 3.05) is 26.2 Å². The Kier molecular flexibility index (Phi) is 6.74. The fourth-order valence-electron chi connectivity index (χ4n) is 4.40. The van der Waals surface area contributed by atoms with Gasteiger partial charge in [0.15, 0.2) is 0 Å². The number of para-hydroxylation sites is 1. The standard InChI is InChI=1S/C28H34N2O/c1-21(2)29-16-18-30(19-17-29)28(25-11-10-22(3)23(4)20-25)24-12-14-27(15-13-24)31-26-8-6-5-7-9-26/h5-15,20-21,28H,16-19H2,1-4H3. The second kappa shape index (κ2) is 9.67. The molecule has 162 valence electrons. The van der Waals surface area contributed by atoms with Crippen molar-refractivity contribution in [2.24, 2.45) is 0 Å². The van der Waals surface area contributed by atoms with Crippen molar-refractivity contribution in [1.29, 1.82) is 0 Å². The predicted molar refractivity (Wildman–Crippen MR) is 129 cm³/mol. The van der Waals surface area contributed by atoms with Crippen LogP contribution in [0.1, 0.15) is 42.1 Å². The van der Waals surface area contributed by atoms with Crippen LogP contribution in [-0.4, -0.2) is 42.0 Å². The minimum absolute atomic E-state index is 0.263. The van der Waals surface area contributed by atoms with E-state index >= 15 is 0 Å². The maximum atomic E-state index is 6.02. The highest BCUT2D eigenvalue weighted by Gasteiger charge is 2.27. The minimum Gasteiger partial charge on any atom is -0.457 e. The van der Waals surface area contributed by atoms with E-state index in [1.54, 1.807) is 0 Å². The van der Waals surface area contributed by atoms with Crippen LogP contribution in [0.25, 0.3) is 0 Å². The van der Waals surface area contributed by atoms with Crippen LogP contribution in [0.15, 0.2) is 72.8 Å². The van der Waals surface area contributed by atoms with Crippen LogP contribution in [0.5, 0.6) is 11.5 Å². The summed E-state index contributed by atoms with van der Waals surface area (Å²) in [5, 5.41) is 0. The molecule has 1 heterocycles. The first-order valence-corrected chi connectivity index (χ1v) is 11.4. The van der Waals surface area contributed by atoms with E-state index in [-0.39, 0.29) is 6.04 Å². The van der Waals surface area contributed by atoms with E-state index in [2.05, 4.69) is 80.0 Å². The van der Waals surface area contributed by atoms with Gasteiger partial charge in [-0.05, 0) is 74.2 Å². The Morgan fingerprint density at radius 3 is 1.84 bits per heavy atom. The first-order valence-electron chi connectivity index (χ1n) is 11.4. The molecule has 0 aromatic heterocycles. The van der Waals surface area contributed by atoms with Crippen LogP contribution >= 0.6 is 0 Å². The molecule has 0 amide bonds. The van der Waals surface area contributed by atoms with Gasteiger partial charge in [-0.2, -0.15) is 0 Å². The van der Waals surface area contributed by atoms with Gasteiger partial charge in [0.25, 0.3) is 0 Å². The van der Waals surface area contributed by atoms with Crippen LogP contribution in [0.4, 0.5) is 0 Å². The number of rotatable bonds is 6. The summed E-state index contributed by atoms with van der Waals surface area (Å²) in [6, 6.07) is 26.4. The second-order valence-electron chi connectivity index (χ2n) is 8.90. The van der Waals surface area contributed by atoms with Crippen LogP contribution in [0.3, 0.4) is 0 Å². The average molecular weight is 415 g/mol. The molecule has 0 spiro atoms. The van der Waals surface area contributed by atoms with E-state index < -0.39 is 0 Å². The molecule has 1 aliphatic rings. The van der Waals surface area contributed by atoms with E-state index in [1.165, 1.54) is 22.3 Å². The topological polar surface area (TPSA) is 15.7 Å². The first-order chi connectivity index (χ1) is 15.0. The third-order valence-electron chi connectivity index (χ3n) is 6.47. The van der Waals surface area contributed by atoms with Crippen LogP contribution in [0, 0.1) is 13.8 Å². The third-order valence-corrected chi connectivity index (χ3v) is 6.47. The summed E-state index contributed by atoms with van der Waals surface area (Å²) in [6.07, 6.45) is 0. The van der Waals surface area contributed by atoms with Gasteiger partial charge < -0.3 is 4.74 Å². The van der Waals surface area contributed by atoms with Gasteiger partial charge >= 0.3 is 0 Å². The number of benzene rings is 3. The van der Waals surface area contributed by atoms with E-state index in [1.807, 2.05) is 30.3 Å². The Hall–Kier alpha value is -2.62. The zero-order valence-electron chi connectivity index (χ0n) is 19.2. The number of nitrogens with zero attached hydrogens (tertiary/aromatic N) is 2. The molecule has 1 aliphatic heterocycles. The molecule has 1 atom stereocenters. The van der Waals surface area contributed by atoms with Gasteiger partial charge in [-0.3, -0.25) is 9.80 Å². The molecule has 31 heavy (non-hydrogen) atoms. The molecule has 3 heteroatoms. The Balaban J connectivity index is 1.60. The van der Waals surface area contributed by atoms with Crippen molar-refractivity contribution >= 4 is 0 Å². The van der Waals surface area contributed by atoms with Gasteiger partial charge in [-0.15, -0.1) is 0 Å². The molecule has 0 bridgehead atoms. The highest BCUT2D eigenvalue weighted by atomic mass is 16.5. The summed E-state index contributed by atoms with van der Waals surface area (Å²) >= 11 is 0. The normalized spacial score (nSPS) is 16.4. The van der Waals surface area contributed by atoms with Crippen molar-refractivity contribution in [3.05, 3.63) is 95.1 Å². The molecule has 1 unspecified atom stereocenters. The lowest BCUT2D eigenvalue weighted by Gasteiger charge is -2.41. The molecule has 0 aliphatic carbocycles. The molecule has 0 N–H and O–H groups in total. The quantitative estimate of drug-likeness (QED) is 0.477. The smallest absolute Gasteiger partial charge is 0.127 e. The molecule has 0 radical (unpaired) electrons. The van der Waals surface area contributed by atoms with Crippen molar-refractivity contribution in [1.82, 2.24) is 9.80 Å². The molecular weight excluding hydrogens is 380 g/mol. The summed E-state index contributed by atoms with van der Waals surface area (Å²) in [5.41, 5.74) is 5.39. The summed E-state index contributed by atoms with van der Waals surface area (Å²) < 4.78 is 6.02. The zero-order chi connectivity index (χ0) is 21.8. The number of piperazine rings is 1. The van der Waals surface area contributed by atoms with Crippen LogP contribution < -0.4 is 4.74 Å². The van der Waals surface area contributed by atoms with E-state index in [0.29, 0.717) is 6.04 Å². The Labute approximate surface area is 187 Å². The molecule has 4 rings (SSSR count). The molecular formula is C28H34N2O. The van der Waals surface area contributed by atoms with Gasteiger partial charge in [0.2, 0.25) is 0 Å². The monoisotopic (exact) mass is 414 g/mol. The van der Waals surface area contributed by atoms with Crippen molar-refractivity contribution < 1.29 is 4.74 Å². The number of hydrogen-bond donors (Lipinski definition) is 0. The van der Waals surface area contributed by atoms with Crippen LogP contribution in [0.2, 0.25) is 0 Å².